The number of para-hydroxylation sites is 2. The monoisotopic (exact) mass is 593 g/mol. The number of benzene rings is 4. The summed E-state index contributed by atoms with van der Waals surface area (Å²) in [7, 11) is -3.17. The fourth-order valence-corrected chi connectivity index (χ4v) is 13.2. The fourth-order valence-electron chi connectivity index (χ4n) is 9.37. The Morgan fingerprint density at radius 1 is 0.636 bits per heavy atom. The Labute approximate surface area is 262 Å². The summed E-state index contributed by atoms with van der Waals surface area (Å²) in [5, 5.41) is 1.23. The third kappa shape index (κ3) is 3.15. The lowest BCUT2D eigenvalue weighted by Crippen LogP contribution is -2.58. The second-order valence-corrected chi connectivity index (χ2v) is 17.4. The molecule has 2 nitrogen and oxygen atoms in total. The van der Waals surface area contributed by atoms with E-state index >= 15 is 4.57 Å². The van der Waals surface area contributed by atoms with Gasteiger partial charge in [0.1, 0.15) is 0 Å². The largest absolute Gasteiger partial charge is 0.328 e. The van der Waals surface area contributed by atoms with E-state index in [1.165, 1.54) is 39.2 Å². The summed E-state index contributed by atoms with van der Waals surface area (Å²) in [6.07, 6.45) is 9.54. The molecule has 8 rings (SSSR count). The predicted octanol–water partition coefficient (Wildman–Crippen LogP) is 9.34. The molecule has 0 N–H and O–H groups in total. The van der Waals surface area contributed by atoms with E-state index in [4.69, 9.17) is 0 Å². The molecule has 0 radical (unpaired) electrons. The van der Waals surface area contributed by atoms with E-state index in [2.05, 4.69) is 156 Å². The second-order valence-electron chi connectivity index (χ2n) is 14.2. The second kappa shape index (κ2) is 8.86. The molecule has 4 aromatic carbocycles. The van der Waals surface area contributed by atoms with Crippen LogP contribution in [-0.2, 0) is 15.4 Å². The number of hydrogen-bond acceptors (Lipinski definition) is 2. The van der Waals surface area contributed by atoms with E-state index in [1.54, 1.807) is 0 Å². The Morgan fingerprint density at radius 3 is 1.82 bits per heavy atom. The van der Waals surface area contributed by atoms with Crippen molar-refractivity contribution in [1.29, 1.82) is 0 Å². The molecule has 44 heavy (non-hydrogen) atoms. The van der Waals surface area contributed by atoms with Crippen molar-refractivity contribution >= 4 is 29.1 Å². The minimum Gasteiger partial charge on any atom is -0.328 e. The summed E-state index contributed by atoms with van der Waals surface area (Å²) in [4.78, 5) is 2.59. The van der Waals surface area contributed by atoms with Crippen molar-refractivity contribution < 1.29 is 4.57 Å². The molecule has 0 saturated carbocycles. The summed E-state index contributed by atoms with van der Waals surface area (Å²) in [6, 6.07) is 36.6. The fraction of sp³-hybridized carbons (Fsp3) is 0.268. The van der Waals surface area contributed by atoms with E-state index in [9.17, 15) is 0 Å². The Kier molecular flexibility index (Phi) is 5.57. The number of hydrogen-bond donors (Lipinski definition) is 0. The number of fused-ring (bicyclic) bond motifs is 4. The van der Waals surface area contributed by atoms with Crippen LogP contribution in [0.25, 0.3) is 0 Å². The number of allylic oxidation sites excluding steroid dienone is 4. The molecule has 2 aliphatic carbocycles. The van der Waals surface area contributed by atoms with Crippen LogP contribution >= 0.6 is 7.14 Å². The van der Waals surface area contributed by atoms with Crippen molar-refractivity contribution in [1.82, 2.24) is 0 Å². The quantitative estimate of drug-likeness (QED) is 0.171. The van der Waals surface area contributed by atoms with Gasteiger partial charge < -0.3 is 9.46 Å². The Balaban J connectivity index is 1.49. The third-order valence-corrected chi connectivity index (χ3v) is 15.2. The SMILES string of the molecule is CC1C=CC2(C)C3=C1C(C)(N1c4ccccc4C(C)(C)c4ccccc41)C=CC3(C)c1ccccc1P2(=O)c1ccccc1. The zero-order chi connectivity index (χ0) is 30.7. The van der Waals surface area contributed by atoms with Crippen LogP contribution in [0.15, 0.2) is 139 Å². The first-order valence-corrected chi connectivity index (χ1v) is 17.6. The smallest absolute Gasteiger partial charge is 0.156 e. The highest BCUT2D eigenvalue weighted by Crippen LogP contribution is 2.71. The summed E-state index contributed by atoms with van der Waals surface area (Å²) >= 11 is 0. The van der Waals surface area contributed by atoms with Crippen LogP contribution in [0.4, 0.5) is 11.4 Å². The zero-order valence-corrected chi connectivity index (χ0v) is 27.4. The maximum Gasteiger partial charge on any atom is 0.156 e. The van der Waals surface area contributed by atoms with Crippen molar-refractivity contribution in [2.24, 2.45) is 5.92 Å². The molecule has 0 aromatic heterocycles. The van der Waals surface area contributed by atoms with Crippen LogP contribution in [0, 0.1) is 5.92 Å². The Bertz CT molecular complexity index is 1950. The molecule has 3 heteroatoms. The molecule has 0 fully saturated rings. The number of nitrogens with zero attached hydrogens (tertiary/aromatic N) is 1. The maximum atomic E-state index is 16.2. The molecular formula is C41H40NOP. The van der Waals surface area contributed by atoms with Crippen LogP contribution in [0.5, 0.6) is 0 Å². The molecule has 2 aliphatic heterocycles. The molecule has 0 amide bonds. The molecule has 0 spiro atoms. The van der Waals surface area contributed by atoms with Gasteiger partial charge in [0.05, 0.1) is 10.7 Å². The Hall–Kier alpha value is -3.87. The zero-order valence-electron chi connectivity index (χ0n) is 26.5. The van der Waals surface area contributed by atoms with Crippen LogP contribution in [0.3, 0.4) is 0 Å². The molecule has 0 saturated heterocycles. The van der Waals surface area contributed by atoms with Gasteiger partial charge in [0, 0.05) is 32.8 Å². The average Bonchev–Trinajstić information content (AvgIpc) is 3.04. The molecule has 4 aliphatic rings. The highest BCUT2D eigenvalue weighted by Gasteiger charge is 2.63. The van der Waals surface area contributed by atoms with E-state index in [1.807, 2.05) is 18.2 Å². The van der Waals surface area contributed by atoms with Gasteiger partial charge in [-0.25, -0.2) is 0 Å². The predicted molar refractivity (Wildman–Crippen MR) is 186 cm³/mol. The van der Waals surface area contributed by atoms with Gasteiger partial charge in [-0.1, -0.05) is 136 Å². The van der Waals surface area contributed by atoms with E-state index in [0.717, 1.165) is 10.6 Å². The van der Waals surface area contributed by atoms with E-state index in [0.29, 0.717) is 0 Å². The summed E-state index contributed by atoms with van der Waals surface area (Å²) < 4.78 is 16.2. The van der Waals surface area contributed by atoms with Crippen molar-refractivity contribution in [3.63, 3.8) is 0 Å². The molecule has 4 aromatic rings. The highest BCUT2D eigenvalue weighted by molar-refractivity contribution is 7.80. The maximum absolute atomic E-state index is 16.2. The standard InChI is InChI=1S/C41H40NOP/c1-28-24-25-41(6)37-36(28)40(5,42-33-21-13-10-18-30(33)38(2,3)31-19-11-14-22-34(31)42)27-26-39(37,4)32-20-12-15-23-35(32)44(41,43)29-16-8-7-9-17-29/h7-28H,1-6H3. The normalized spacial score (nSPS) is 32.4. The summed E-state index contributed by atoms with van der Waals surface area (Å²) in [6.45, 7) is 14.0. The molecule has 5 unspecified atom stereocenters. The summed E-state index contributed by atoms with van der Waals surface area (Å²) in [5.41, 5.74) is 7.96. The Morgan fingerprint density at radius 2 is 1.18 bits per heavy atom. The lowest BCUT2D eigenvalue weighted by molar-refractivity contribution is 0.475. The van der Waals surface area contributed by atoms with Gasteiger partial charge in [-0.05, 0) is 66.7 Å². The average molecular weight is 594 g/mol. The van der Waals surface area contributed by atoms with Gasteiger partial charge in [-0.2, -0.15) is 0 Å². The van der Waals surface area contributed by atoms with Crippen molar-refractivity contribution in [3.05, 3.63) is 155 Å². The van der Waals surface area contributed by atoms with Gasteiger partial charge in [0.15, 0.2) is 7.14 Å². The van der Waals surface area contributed by atoms with Gasteiger partial charge in [0.25, 0.3) is 0 Å². The number of rotatable bonds is 2. The van der Waals surface area contributed by atoms with Gasteiger partial charge >= 0.3 is 0 Å². The van der Waals surface area contributed by atoms with Gasteiger partial charge in [-0.3, -0.25) is 0 Å². The van der Waals surface area contributed by atoms with Crippen molar-refractivity contribution in [2.45, 2.75) is 63.1 Å². The van der Waals surface area contributed by atoms with E-state index in [-0.39, 0.29) is 11.3 Å². The van der Waals surface area contributed by atoms with Gasteiger partial charge in [0.2, 0.25) is 0 Å². The van der Waals surface area contributed by atoms with Crippen molar-refractivity contribution in [2.75, 3.05) is 4.90 Å². The first-order chi connectivity index (χ1) is 21.0. The highest BCUT2D eigenvalue weighted by atomic mass is 31.2. The first kappa shape index (κ1) is 27.7. The summed E-state index contributed by atoms with van der Waals surface area (Å²) in [5.74, 6) is 0.163. The lowest BCUT2D eigenvalue weighted by atomic mass is 9.58. The van der Waals surface area contributed by atoms with E-state index < -0.39 is 23.3 Å². The van der Waals surface area contributed by atoms with Crippen LogP contribution in [-0.4, -0.2) is 10.7 Å². The molecule has 2 heterocycles. The minimum absolute atomic E-state index is 0.135. The molecule has 220 valence electrons. The molecule has 5 atom stereocenters. The molecular weight excluding hydrogens is 553 g/mol. The number of anilines is 2. The third-order valence-electron chi connectivity index (χ3n) is 11.4. The topological polar surface area (TPSA) is 20.3 Å². The van der Waals surface area contributed by atoms with Crippen molar-refractivity contribution in [3.8, 4) is 0 Å². The minimum atomic E-state index is -3.17. The lowest BCUT2D eigenvalue weighted by Gasteiger charge is -2.60. The van der Waals surface area contributed by atoms with Gasteiger partial charge in [-0.15, -0.1) is 0 Å². The van der Waals surface area contributed by atoms with Crippen LogP contribution in [0.2, 0.25) is 0 Å². The van der Waals surface area contributed by atoms with Crippen LogP contribution in [0.1, 0.15) is 58.2 Å². The molecule has 0 bridgehead atoms. The first-order valence-electron chi connectivity index (χ1n) is 15.9. The van der Waals surface area contributed by atoms with Crippen LogP contribution < -0.4 is 15.5 Å².